The molecule has 0 saturated carbocycles. The van der Waals surface area contributed by atoms with Crippen molar-refractivity contribution in [1.29, 1.82) is 0 Å². The molecule has 0 aromatic carbocycles. The van der Waals surface area contributed by atoms with Crippen LogP contribution in [0.15, 0.2) is 0 Å². The van der Waals surface area contributed by atoms with Crippen molar-refractivity contribution < 1.29 is 8.42 Å². The van der Waals surface area contributed by atoms with Gasteiger partial charge in [0.15, 0.2) is 0 Å². The van der Waals surface area contributed by atoms with Crippen molar-refractivity contribution in [3.8, 4) is 0 Å². The van der Waals surface area contributed by atoms with Gasteiger partial charge in [0, 0.05) is 10.7 Å². The van der Waals surface area contributed by atoms with Gasteiger partial charge in [0.1, 0.15) is 0 Å². The van der Waals surface area contributed by atoms with Crippen LogP contribution in [0.2, 0.25) is 0 Å². The monoisotopic (exact) mass is 363 g/mol. The van der Waals surface area contributed by atoms with E-state index in [1.54, 1.807) is 0 Å². The zero-order valence-corrected chi connectivity index (χ0v) is 13.4. The van der Waals surface area contributed by atoms with E-state index in [0.29, 0.717) is 10.7 Å². The average molecular weight is 365 g/mol. The SMILES string of the molecule is CCC(CBr)(CBr)NS(=O)(=O)CC(C)C. The Kier molecular flexibility index (Phi) is 6.95. The predicted octanol–water partition coefficient (Wildman–Crippen LogP) is 2.50. The zero-order valence-electron chi connectivity index (χ0n) is 9.39. The summed E-state index contributed by atoms with van der Waals surface area (Å²) in [5.74, 6) is 0.317. The van der Waals surface area contributed by atoms with Gasteiger partial charge in [-0.3, -0.25) is 0 Å². The Hall–Kier alpha value is 0.870. The van der Waals surface area contributed by atoms with E-state index in [-0.39, 0.29) is 11.7 Å². The van der Waals surface area contributed by atoms with Crippen LogP contribution in [0.1, 0.15) is 27.2 Å². The van der Waals surface area contributed by atoms with Gasteiger partial charge >= 0.3 is 0 Å². The van der Waals surface area contributed by atoms with Gasteiger partial charge in [0.05, 0.1) is 11.3 Å². The van der Waals surface area contributed by atoms with E-state index in [0.717, 1.165) is 6.42 Å². The zero-order chi connectivity index (χ0) is 12.1. The molecular formula is C9H19Br2NO2S. The minimum absolute atomic E-state index is 0.141. The average Bonchev–Trinajstić information content (AvgIpc) is 2.12. The topological polar surface area (TPSA) is 46.2 Å². The quantitative estimate of drug-likeness (QED) is 0.705. The van der Waals surface area contributed by atoms with Crippen molar-refractivity contribution in [2.24, 2.45) is 5.92 Å². The maximum Gasteiger partial charge on any atom is 0.212 e. The van der Waals surface area contributed by atoms with E-state index in [4.69, 9.17) is 0 Å². The van der Waals surface area contributed by atoms with Gasteiger partial charge in [0.25, 0.3) is 0 Å². The fourth-order valence-electron chi connectivity index (χ4n) is 1.16. The summed E-state index contributed by atoms with van der Waals surface area (Å²) in [5.41, 5.74) is -0.409. The second-order valence-electron chi connectivity index (χ2n) is 4.18. The highest BCUT2D eigenvalue weighted by molar-refractivity contribution is 9.09. The second kappa shape index (κ2) is 6.57. The normalized spacial score (nSPS) is 13.5. The Morgan fingerprint density at radius 3 is 2.00 bits per heavy atom. The van der Waals surface area contributed by atoms with E-state index in [1.807, 2.05) is 20.8 Å². The van der Waals surface area contributed by atoms with Gasteiger partial charge in [-0.05, 0) is 12.3 Å². The number of hydrogen-bond donors (Lipinski definition) is 1. The van der Waals surface area contributed by atoms with Crippen molar-refractivity contribution in [2.45, 2.75) is 32.7 Å². The smallest absolute Gasteiger partial charge is 0.212 e. The molecule has 0 spiro atoms. The Balaban J connectivity index is 4.67. The summed E-state index contributed by atoms with van der Waals surface area (Å²) < 4.78 is 26.3. The lowest BCUT2D eigenvalue weighted by molar-refractivity contribution is 0.456. The van der Waals surface area contributed by atoms with E-state index in [9.17, 15) is 8.42 Å². The summed E-state index contributed by atoms with van der Waals surface area (Å²) in [4.78, 5) is 0. The highest BCUT2D eigenvalue weighted by Gasteiger charge is 2.31. The molecule has 0 rings (SSSR count). The number of sulfonamides is 1. The highest BCUT2D eigenvalue weighted by Crippen LogP contribution is 2.18. The third-order valence-electron chi connectivity index (χ3n) is 2.11. The van der Waals surface area contributed by atoms with Crippen LogP contribution in [0.25, 0.3) is 0 Å². The summed E-state index contributed by atoms with van der Waals surface area (Å²) >= 11 is 6.71. The van der Waals surface area contributed by atoms with E-state index < -0.39 is 15.6 Å². The second-order valence-corrected chi connectivity index (χ2v) is 7.07. The van der Waals surface area contributed by atoms with Gasteiger partial charge < -0.3 is 0 Å². The molecule has 0 unspecified atom stereocenters. The standard InChI is InChI=1S/C9H19Br2NO2S/c1-4-9(6-10,7-11)12-15(13,14)5-8(2)3/h8,12H,4-7H2,1-3H3. The van der Waals surface area contributed by atoms with Crippen molar-refractivity contribution >= 4 is 41.9 Å². The number of alkyl halides is 2. The molecular weight excluding hydrogens is 346 g/mol. The maximum atomic E-state index is 11.8. The van der Waals surface area contributed by atoms with Gasteiger partial charge in [-0.1, -0.05) is 52.6 Å². The largest absolute Gasteiger partial charge is 0.212 e. The number of nitrogens with one attached hydrogen (secondary N) is 1. The predicted molar refractivity (Wildman–Crippen MR) is 72.4 cm³/mol. The molecule has 0 radical (unpaired) electrons. The first-order chi connectivity index (χ1) is 6.81. The summed E-state index contributed by atoms with van der Waals surface area (Å²) in [6.45, 7) is 5.77. The van der Waals surface area contributed by atoms with Crippen LogP contribution >= 0.6 is 31.9 Å². The molecule has 0 amide bonds. The Morgan fingerprint density at radius 1 is 1.27 bits per heavy atom. The summed E-state index contributed by atoms with van der Waals surface area (Å²) in [7, 11) is -3.18. The molecule has 0 aromatic rings. The summed E-state index contributed by atoms with van der Waals surface area (Å²) in [6, 6.07) is 0. The van der Waals surface area contributed by atoms with Crippen molar-refractivity contribution in [3.05, 3.63) is 0 Å². The van der Waals surface area contributed by atoms with Crippen LogP contribution in [-0.4, -0.2) is 30.4 Å². The third kappa shape index (κ3) is 5.65. The fourth-order valence-corrected chi connectivity index (χ4v) is 5.44. The lowest BCUT2D eigenvalue weighted by atomic mass is 10.0. The van der Waals surface area contributed by atoms with Crippen LogP contribution < -0.4 is 4.72 Å². The van der Waals surface area contributed by atoms with Crippen molar-refractivity contribution in [2.75, 3.05) is 16.4 Å². The molecule has 92 valence electrons. The Bertz CT molecular complexity index is 266. The van der Waals surface area contributed by atoms with Gasteiger partial charge in [0.2, 0.25) is 10.0 Å². The highest BCUT2D eigenvalue weighted by atomic mass is 79.9. The van der Waals surface area contributed by atoms with Crippen LogP contribution in [0.5, 0.6) is 0 Å². The Morgan fingerprint density at radius 2 is 1.73 bits per heavy atom. The molecule has 15 heavy (non-hydrogen) atoms. The first-order valence-corrected chi connectivity index (χ1v) is 8.84. The van der Waals surface area contributed by atoms with Gasteiger partial charge in [-0.25, -0.2) is 13.1 Å². The van der Waals surface area contributed by atoms with Crippen LogP contribution in [0.3, 0.4) is 0 Å². The van der Waals surface area contributed by atoms with Gasteiger partial charge in [-0.2, -0.15) is 0 Å². The lowest BCUT2D eigenvalue weighted by Crippen LogP contribution is -2.52. The van der Waals surface area contributed by atoms with Crippen molar-refractivity contribution in [3.63, 3.8) is 0 Å². The molecule has 3 nitrogen and oxygen atoms in total. The van der Waals surface area contributed by atoms with Crippen LogP contribution in [-0.2, 0) is 10.0 Å². The van der Waals surface area contributed by atoms with E-state index in [1.165, 1.54) is 0 Å². The molecule has 0 bridgehead atoms. The fraction of sp³-hybridized carbons (Fsp3) is 1.00. The molecule has 0 heterocycles. The molecule has 0 aliphatic carbocycles. The number of rotatable bonds is 7. The molecule has 0 aliphatic heterocycles. The number of halogens is 2. The van der Waals surface area contributed by atoms with E-state index >= 15 is 0 Å². The summed E-state index contributed by atoms with van der Waals surface area (Å²) in [5, 5.41) is 1.22. The molecule has 0 aliphatic rings. The molecule has 0 fully saturated rings. The maximum absolute atomic E-state index is 11.8. The first-order valence-electron chi connectivity index (χ1n) is 4.94. The molecule has 0 saturated heterocycles. The van der Waals surface area contributed by atoms with Crippen LogP contribution in [0.4, 0.5) is 0 Å². The Labute approximate surface area is 110 Å². The first kappa shape index (κ1) is 15.9. The van der Waals surface area contributed by atoms with Gasteiger partial charge in [-0.15, -0.1) is 0 Å². The lowest BCUT2D eigenvalue weighted by Gasteiger charge is -2.29. The number of hydrogen-bond acceptors (Lipinski definition) is 2. The minimum Gasteiger partial charge on any atom is -0.212 e. The van der Waals surface area contributed by atoms with Crippen molar-refractivity contribution in [1.82, 2.24) is 4.72 Å². The molecule has 6 heteroatoms. The van der Waals surface area contributed by atoms with E-state index in [2.05, 4.69) is 36.6 Å². The minimum atomic E-state index is -3.18. The third-order valence-corrected chi connectivity index (χ3v) is 6.11. The van der Waals surface area contributed by atoms with Crippen LogP contribution in [0, 0.1) is 5.92 Å². The molecule has 0 atom stereocenters. The molecule has 1 N–H and O–H groups in total. The molecule has 0 aromatic heterocycles. The summed E-state index contributed by atoms with van der Waals surface area (Å²) in [6.07, 6.45) is 0.751.